The maximum Gasteiger partial charge on any atom is 0.419 e. The van der Waals surface area contributed by atoms with Crippen LogP contribution in [0.4, 0.5) is 27.6 Å². The maximum absolute atomic E-state index is 14.0. The van der Waals surface area contributed by atoms with Gasteiger partial charge in [0.2, 0.25) is 11.7 Å². The fourth-order valence-corrected chi connectivity index (χ4v) is 2.88. The molecule has 25 heavy (non-hydrogen) atoms. The van der Waals surface area contributed by atoms with Crippen molar-refractivity contribution in [3.63, 3.8) is 0 Å². The molecule has 2 atom stereocenters. The van der Waals surface area contributed by atoms with E-state index < -0.39 is 54.1 Å². The summed E-state index contributed by atoms with van der Waals surface area (Å²) in [6.45, 7) is 0.627. The molecule has 10 heteroatoms. The maximum atomic E-state index is 14.0. The van der Waals surface area contributed by atoms with E-state index in [1.807, 2.05) is 0 Å². The zero-order chi connectivity index (χ0) is 19.0. The van der Waals surface area contributed by atoms with Crippen LogP contribution in [0.3, 0.4) is 0 Å². The number of alkyl halides is 3. The van der Waals surface area contributed by atoms with Gasteiger partial charge >= 0.3 is 6.18 Å². The number of ether oxygens (including phenoxy) is 2. The summed E-state index contributed by atoms with van der Waals surface area (Å²) in [5.41, 5.74) is 2.36. The number of benzene rings is 1. The van der Waals surface area contributed by atoms with Crippen molar-refractivity contribution in [1.82, 2.24) is 0 Å². The van der Waals surface area contributed by atoms with Crippen molar-refractivity contribution in [2.45, 2.75) is 31.2 Å². The van der Waals surface area contributed by atoms with Gasteiger partial charge < -0.3 is 20.1 Å². The lowest BCUT2D eigenvalue weighted by Gasteiger charge is -2.31. The topological polar surface area (TPSA) is 64.8 Å². The highest BCUT2D eigenvalue weighted by molar-refractivity contribution is 5.85. The van der Waals surface area contributed by atoms with Gasteiger partial charge in [-0.25, -0.2) is 4.39 Å². The molecular formula is C15H17F5N2O3. The molecule has 5 nitrogen and oxygen atoms in total. The smallest absolute Gasteiger partial charge is 0.419 e. The molecule has 0 spiro atoms. The van der Waals surface area contributed by atoms with Crippen LogP contribution >= 0.6 is 0 Å². The van der Waals surface area contributed by atoms with Crippen LogP contribution in [0.2, 0.25) is 0 Å². The van der Waals surface area contributed by atoms with Crippen molar-refractivity contribution in [2.75, 3.05) is 25.2 Å². The third-order valence-electron chi connectivity index (χ3n) is 4.19. The first-order valence-electron chi connectivity index (χ1n) is 7.36. The summed E-state index contributed by atoms with van der Waals surface area (Å²) < 4.78 is 77.6. The van der Waals surface area contributed by atoms with E-state index in [0.717, 1.165) is 24.1 Å². The zero-order valence-corrected chi connectivity index (χ0v) is 13.5. The molecule has 0 radical (unpaired) electrons. The number of rotatable bonds is 5. The van der Waals surface area contributed by atoms with Crippen molar-refractivity contribution in [1.29, 1.82) is 0 Å². The number of hydrogen-bond donors (Lipinski definition) is 1. The van der Waals surface area contributed by atoms with Crippen LogP contribution in [0.25, 0.3) is 0 Å². The van der Waals surface area contributed by atoms with E-state index in [-0.39, 0.29) is 12.3 Å². The minimum Gasteiger partial charge on any atom is -0.489 e. The van der Waals surface area contributed by atoms with Crippen LogP contribution in [0, 0.1) is 11.6 Å². The van der Waals surface area contributed by atoms with Gasteiger partial charge in [0.15, 0.2) is 17.2 Å². The molecule has 1 saturated heterocycles. The number of nitrogens with zero attached hydrogens (tertiary/aromatic N) is 1. The molecular weight excluding hydrogens is 351 g/mol. The third-order valence-corrected chi connectivity index (χ3v) is 4.19. The standard InChI is InChI=1S/C15H17F5N2O3/c1-3-25-12-9(5-4-8(16)11(12)17)22-7-14(24-2,15(18,19)20)6-10(22)13(21)23/h4-5,10H,3,6-7H2,1-2H3,(H2,21,23). The van der Waals surface area contributed by atoms with Gasteiger partial charge in [-0.1, -0.05) is 0 Å². The highest BCUT2D eigenvalue weighted by atomic mass is 19.4. The number of amides is 1. The van der Waals surface area contributed by atoms with E-state index in [0.29, 0.717) is 0 Å². The fraction of sp³-hybridized carbons (Fsp3) is 0.533. The van der Waals surface area contributed by atoms with Crippen molar-refractivity contribution in [3.05, 3.63) is 23.8 Å². The van der Waals surface area contributed by atoms with Crippen LogP contribution in [-0.4, -0.2) is 44.0 Å². The van der Waals surface area contributed by atoms with Crippen LogP contribution in [0.1, 0.15) is 13.3 Å². The normalized spacial score (nSPS) is 23.8. The Kier molecular flexibility index (Phi) is 5.12. The monoisotopic (exact) mass is 368 g/mol. The van der Waals surface area contributed by atoms with Crippen molar-refractivity contribution < 1.29 is 36.2 Å². The predicted octanol–water partition coefficient (Wildman–Crippen LogP) is 2.38. The van der Waals surface area contributed by atoms with Crippen molar-refractivity contribution in [3.8, 4) is 5.75 Å². The molecule has 2 rings (SSSR count). The number of nitrogens with two attached hydrogens (primary N) is 1. The second-order valence-electron chi connectivity index (χ2n) is 5.59. The second-order valence-corrected chi connectivity index (χ2v) is 5.59. The first kappa shape index (κ1) is 19.2. The van der Waals surface area contributed by atoms with Crippen molar-refractivity contribution >= 4 is 11.6 Å². The van der Waals surface area contributed by atoms with Gasteiger partial charge in [0.1, 0.15) is 6.04 Å². The van der Waals surface area contributed by atoms with E-state index >= 15 is 0 Å². The second kappa shape index (κ2) is 6.66. The average molecular weight is 368 g/mol. The minimum absolute atomic E-state index is 0.0584. The van der Waals surface area contributed by atoms with Gasteiger partial charge in [-0.15, -0.1) is 0 Å². The molecule has 1 aromatic carbocycles. The number of hydrogen-bond acceptors (Lipinski definition) is 4. The van der Waals surface area contributed by atoms with Crippen LogP contribution < -0.4 is 15.4 Å². The molecule has 1 fully saturated rings. The van der Waals surface area contributed by atoms with Crippen molar-refractivity contribution in [2.24, 2.45) is 5.73 Å². The number of halogens is 5. The molecule has 1 heterocycles. The highest BCUT2D eigenvalue weighted by Gasteiger charge is 2.63. The molecule has 2 unspecified atom stereocenters. The Morgan fingerprint density at radius 3 is 2.52 bits per heavy atom. The largest absolute Gasteiger partial charge is 0.489 e. The lowest BCUT2D eigenvalue weighted by molar-refractivity contribution is -0.261. The number of anilines is 1. The van der Waals surface area contributed by atoms with E-state index in [9.17, 15) is 26.7 Å². The molecule has 0 bridgehead atoms. The van der Waals surface area contributed by atoms with Gasteiger partial charge in [0.05, 0.1) is 18.8 Å². The summed E-state index contributed by atoms with van der Waals surface area (Å²) in [4.78, 5) is 12.6. The average Bonchev–Trinajstić information content (AvgIpc) is 2.93. The van der Waals surface area contributed by atoms with Gasteiger partial charge in [0.25, 0.3) is 0 Å². The summed E-state index contributed by atoms with van der Waals surface area (Å²) in [6.07, 6.45) is -5.57. The first-order valence-corrected chi connectivity index (χ1v) is 7.36. The summed E-state index contributed by atoms with van der Waals surface area (Å²) in [5.74, 6) is -4.21. The van der Waals surface area contributed by atoms with E-state index in [1.54, 1.807) is 0 Å². The fourth-order valence-electron chi connectivity index (χ4n) is 2.88. The highest BCUT2D eigenvalue weighted by Crippen LogP contribution is 2.46. The minimum atomic E-state index is -4.80. The lowest BCUT2D eigenvalue weighted by atomic mass is 9.99. The molecule has 0 aliphatic carbocycles. The SMILES string of the molecule is CCOc1c(N2CC(OC)(C(F)(F)F)CC2C(N)=O)ccc(F)c1F. The Morgan fingerprint density at radius 2 is 2.04 bits per heavy atom. The third kappa shape index (κ3) is 3.22. The predicted molar refractivity (Wildman–Crippen MR) is 78.3 cm³/mol. The summed E-state index contributed by atoms with van der Waals surface area (Å²) in [6, 6.07) is 0.359. The molecule has 0 aromatic heterocycles. The van der Waals surface area contributed by atoms with Gasteiger partial charge in [0, 0.05) is 13.5 Å². The first-order chi connectivity index (χ1) is 11.6. The Bertz CT molecular complexity index is 667. The Labute approximate surface area is 140 Å². The van der Waals surface area contributed by atoms with Gasteiger partial charge in [-0.3, -0.25) is 4.79 Å². The van der Waals surface area contributed by atoms with Gasteiger partial charge in [-0.2, -0.15) is 17.6 Å². The summed E-state index contributed by atoms with van der Waals surface area (Å²) >= 11 is 0. The van der Waals surface area contributed by atoms with E-state index in [2.05, 4.69) is 4.74 Å². The number of carbonyl (C=O) groups excluding carboxylic acids is 1. The van der Waals surface area contributed by atoms with E-state index in [4.69, 9.17) is 10.5 Å². The Balaban J connectivity index is 2.57. The van der Waals surface area contributed by atoms with E-state index in [1.165, 1.54) is 6.92 Å². The molecule has 1 amide bonds. The summed E-state index contributed by atoms with van der Waals surface area (Å²) in [7, 11) is 0.865. The van der Waals surface area contributed by atoms with Crippen LogP contribution in [0.5, 0.6) is 5.75 Å². The molecule has 1 aromatic rings. The quantitative estimate of drug-likeness (QED) is 0.811. The Hall–Kier alpha value is -2.10. The molecule has 2 N–H and O–H groups in total. The molecule has 0 saturated carbocycles. The lowest BCUT2D eigenvalue weighted by Crippen LogP contribution is -2.49. The Morgan fingerprint density at radius 1 is 1.40 bits per heavy atom. The number of carbonyl (C=O) groups is 1. The number of primary amides is 1. The molecule has 140 valence electrons. The van der Waals surface area contributed by atoms with Crippen LogP contribution in [-0.2, 0) is 9.53 Å². The molecule has 1 aliphatic heterocycles. The summed E-state index contributed by atoms with van der Waals surface area (Å²) in [5, 5.41) is 0. The number of methoxy groups -OCH3 is 1. The molecule has 1 aliphatic rings. The van der Waals surface area contributed by atoms with Gasteiger partial charge in [-0.05, 0) is 19.1 Å². The zero-order valence-electron chi connectivity index (χ0n) is 13.5. The van der Waals surface area contributed by atoms with Crippen LogP contribution in [0.15, 0.2) is 12.1 Å².